The fraction of sp³-hybridized carbons (Fsp3) is 0.562. The van der Waals surface area contributed by atoms with Crippen molar-refractivity contribution in [3.05, 3.63) is 35.9 Å². The molecule has 0 radical (unpaired) electrons. The van der Waals surface area contributed by atoms with Crippen LogP contribution in [0.4, 0.5) is 4.79 Å². The Bertz CT molecular complexity index is 502. The van der Waals surface area contributed by atoms with Gasteiger partial charge in [0, 0.05) is 6.54 Å². The number of hydrogen-bond acceptors (Lipinski definition) is 4. The van der Waals surface area contributed by atoms with Crippen LogP contribution < -0.4 is 0 Å². The highest BCUT2D eigenvalue weighted by Crippen LogP contribution is 2.33. The van der Waals surface area contributed by atoms with E-state index in [1.807, 2.05) is 44.2 Å². The van der Waals surface area contributed by atoms with Crippen LogP contribution in [-0.4, -0.2) is 42.1 Å². The van der Waals surface area contributed by atoms with Crippen molar-refractivity contribution in [3.8, 4) is 0 Å². The topological polar surface area (TPSA) is 48.0 Å². The van der Waals surface area contributed by atoms with Crippen LogP contribution in [-0.2, 0) is 20.8 Å². The summed E-state index contributed by atoms with van der Waals surface area (Å²) in [6.45, 7) is 5.29. The molecule has 5 heteroatoms. The Morgan fingerprint density at radius 1 is 1.29 bits per heavy atom. The van der Waals surface area contributed by atoms with Gasteiger partial charge in [0.1, 0.15) is 12.7 Å². The molecular weight excluding hydrogens is 270 g/mol. The van der Waals surface area contributed by atoms with Crippen molar-refractivity contribution in [1.82, 2.24) is 4.90 Å². The predicted octanol–water partition coefficient (Wildman–Crippen LogP) is 2.55. The standard InChI is InChI=1S/C16H21NO4/c1-16(2)20-13-8-9-17(10-14(13)21-16)15(18)19-11-12-6-4-3-5-7-12/h3-7,13-14H,8-11H2,1-2H3/t13-,14+/m0/s1. The molecular formula is C16H21NO4. The van der Waals surface area contributed by atoms with Gasteiger partial charge in [-0.25, -0.2) is 4.79 Å². The van der Waals surface area contributed by atoms with Crippen LogP contribution in [0.5, 0.6) is 0 Å². The van der Waals surface area contributed by atoms with Gasteiger partial charge in [0.15, 0.2) is 5.79 Å². The average Bonchev–Trinajstić information content (AvgIpc) is 2.78. The van der Waals surface area contributed by atoms with Gasteiger partial charge in [0.25, 0.3) is 0 Å². The zero-order valence-electron chi connectivity index (χ0n) is 12.5. The van der Waals surface area contributed by atoms with Crippen molar-refractivity contribution in [2.24, 2.45) is 0 Å². The second-order valence-electron chi connectivity index (χ2n) is 5.99. The summed E-state index contributed by atoms with van der Waals surface area (Å²) in [4.78, 5) is 13.8. The number of ether oxygens (including phenoxy) is 3. The van der Waals surface area contributed by atoms with Gasteiger partial charge in [-0.3, -0.25) is 0 Å². The number of carbonyl (C=O) groups is 1. The maximum absolute atomic E-state index is 12.1. The largest absolute Gasteiger partial charge is 0.445 e. The molecule has 5 nitrogen and oxygen atoms in total. The highest BCUT2D eigenvalue weighted by molar-refractivity contribution is 5.67. The molecule has 2 saturated heterocycles. The van der Waals surface area contributed by atoms with E-state index in [0.29, 0.717) is 19.7 Å². The third-order valence-electron chi connectivity index (χ3n) is 3.83. The Labute approximate surface area is 124 Å². The molecule has 1 aromatic carbocycles. The minimum atomic E-state index is -0.556. The van der Waals surface area contributed by atoms with Crippen LogP contribution in [0.2, 0.25) is 0 Å². The van der Waals surface area contributed by atoms with Crippen LogP contribution in [0, 0.1) is 0 Å². The van der Waals surface area contributed by atoms with Crippen molar-refractivity contribution in [2.75, 3.05) is 13.1 Å². The summed E-state index contributed by atoms with van der Waals surface area (Å²) < 4.78 is 17.0. The number of amides is 1. The van der Waals surface area contributed by atoms with Gasteiger partial charge >= 0.3 is 6.09 Å². The zero-order valence-corrected chi connectivity index (χ0v) is 12.5. The van der Waals surface area contributed by atoms with E-state index in [-0.39, 0.29) is 18.3 Å². The van der Waals surface area contributed by atoms with E-state index in [0.717, 1.165) is 12.0 Å². The number of piperidine rings is 1. The Hall–Kier alpha value is -1.59. The number of nitrogens with zero attached hydrogens (tertiary/aromatic N) is 1. The molecule has 0 spiro atoms. The summed E-state index contributed by atoms with van der Waals surface area (Å²) in [7, 11) is 0. The molecule has 0 bridgehead atoms. The fourth-order valence-electron chi connectivity index (χ4n) is 2.88. The molecule has 1 aromatic rings. The minimum Gasteiger partial charge on any atom is -0.445 e. The molecule has 2 aliphatic rings. The normalized spacial score (nSPS) is 27.2. The Morgan fingerprint density at radius 2 is 2.00 bits per heavy atom. The highest BCUT2D eigenvalue weighted by atomic mass is 16.8. The van der Waals surface area contributed by atoms with E-state index in [9.17, 15) is 4.79 Å². The van der Waals surface area contributed by atoms with Crippen LogP contribution in [0.25, 0.3) is 0 Å². The molecule has 0 N–H and O–H groups in total. The van der Waals surface area contributed by atoms with Crippen molar-refractivity contribution < 1.29 is 19.0 Å². The smallest absolute Gasteiger partial charge is 0.410 e. The summed E-state index contributed by atoms with van der Waals surface area (Å²) in [6.07, 6.45) is 0.524. The van der Waals surface area contributed by atoms with Gasteiger partial charge in [-0.05, 0) is 25.8 Å². The van der Waals surface area contributed by atoms with Crippen LogP contribution >= 0.6 is 0 Å². The molecule has 1 amide bonds. The number of rotatable bonds is 2. The molecule has 2 aliphatic heterocycles. The molecule has 2 fully saturated rings. The first-order chi connectivity index (χ1) is 10.0. The number of hydrogen-bond donors (Lipinski definition) is 0. The second-order valence-corrected chi connectivity index (χ2v) is 5.99. The van der Waals surface area contributed by atoms with Gasteiger partial charge in [0.05, 0.1) is 12.6 Å². The summed E-state index contributed by atoms with van der Waals surface area (Å²) >= 11 is 0. The Kier molecular flexibility index (Phi) is 3.87. The van der Waals surface area contributed by atoms with Crippen molar-refractivity contribution in [3.63, 3.8) is 0 Å². The van der Waals surface area contributed by atoms with Crippen LogP contribution in [0.1, 0.15) is 25.8 Å². The second kappa shape index (κ2) is 5.66. The van der Waals surface area contributed by atoms with Crippen molar-refractivity contribution in [1.29, 1.82) is 0 Å². The van der Waals surface area contributed by atoms with E-state index >= 15 is 0 Å². The van der Waals surface area contributed by atoms with Gasteiger partial charge in [0.2, 0.25) is 0 Å². The fourth-order valence-corrected chi connectivity index (χ4v) is 2.88. The molecule has 114 valence electrons. The lowest BCUT2D eigenvalue weighted by molar-refractivity contribution is -0.145. The van der Waals surface area contributed by atoms with Gasteiger partial charge in [-0.2, -0.15) is 0 Å². The number of carbonyl (C=O) groups excluding carboxylic acids is 1. The molecule has 2 atom stereocenters. The first kappa shape index (κ1) is 14.4. The summed E-state index contributed by atoms with van der Waals surface area (Å²) in [5.41, 5.74) is 0.988. The molecule has 3 rings (SSSR count). The third kappa shape index (κ3) is 3.36. The van der Waals surface area contributed by atoms with E-state index in [1.165, 1.54) is 0 Å². The average molecular weight is 291 g/mol. The highest BCUT2D eigenvalue weighted by Gasteiger charge is 2.45. The SMILES string of the molecule is CC1(C)O[C@H]2CCN(C(=O)OCc3ccccc3)C[C@H]2O1. The minimum absolute atomic E-state index is 0.0574. The summed E-state index contributed by atoms with van der Waals surface area (Å²) in [6, 6.07) is 9.68. The summed E-state index contributed by atoms with van der Waals surface area (Å²) in [5.74, 6) is -0.556. The Morgan fingerprint density at radius 3 is 2.76 bits per heavy atom. The monoisotopic (exact) mass is 291 g/mol. The molecule has 21 heavy (non-hydrogen) atoms. The maximum Gasteiger partial charge on any atom is 0.410 e. The third-order valence-corrected chi connectivity index (χ3v) is 3.83. The molecule has 0 aliphatic carbocycles. The van der Waals surface area contributed by atoms with Gasteiger partial charge in [-0.1, -0.05) is 30.3 Å². The number of likely N-dealkylation sites (tertiary alicyclic amines) is 1. The first-order valence-electron chi connectivity index (χ1n) is 7.35. The van der Waals surface area contributed by atoms with Crippen molar-refractivity contribution >= 4 is 6.09 Å². The molecule has 0 aromatic heterocycles. The lowest BCUT2D eigenvalue weighted by atomic mass is 10.1. The quantitative estimate of drug-likeness (QED) is 0.840. The lowest BCUT2D eigenvalue weighted by Crippen LogP contribution is -2.47. The maximum atomic E-state index is 12.1. The molecule has 2 heterocycles. The Balaban J connectivity index is 1.52. The molecule has 0 saturated carbocycles. The van der Waals surface area contributed by atoms with E-state index in [2.05, 4.69) is 0 Å². The van der Waals surface area contributed by atoms with Gasteiger partial charge < -0.3 is 19.1 Å². The van der Waals surface area contributed by atoms with Crippen molar-refractivity contribution in [2.45, 2.75) is 44.9 Å². The van der Waals surface area contributed by atoms with E-state index in [1.54, 1.807) is 4.90 Å². The molecule has 0 unspecified atom stereocenters. The van der Waals surface area contributed by atoms with Gasteiger partial charge in [-0.15, -0.1) is 0 Å². The van der Waals surface area contributed by atoms with E-state index < -0.39 is 5.79 Å². The number of fused-ring (bicyclic) bond motifs is 1. The van der Waals surface area contributed by atoms with E-state index in [4.69, 9.17) is 14.2 Å². The van der Waals surface area contributed by atoms with Crippen LogP contribution in [0.15, 0.2) is 30.3 Å². The summed E-state index contributed by atoms with van der Waals surface area (Å²) in [5, 5.41) is 0. The first-order valence-corrected chi connectivity index (χ1v) is 7.35. The van der Waals surface area contributed by atoms with Crippen LogP contribution in [0.3, 0.4) is 0 Å². The predicted molar refractivity (Wildman–Crippen MR) is 76.6 cm³/mol. The zero-order chi connectivity index (χ0) is 14.9. The lowest BCUT2D eigenvalue weighted by Gasteiger charge is -2.32. The number of benzene rings is 1.